The third-order valence-corrected chi connectivity index (χ3v) is 4.72. The van der Waals surface area contributed by atoms with Gasteiger partial charge in [0.15, 0.2) is 0 Å². The number of ether oxygens (including phenoxy) is 1. The highest BCUT2D eigenvalue weighted by Gasteiger charge is 2.29. The molecular weight excluding hydrogens is 342 g/mol. The normalized spacial score (nSPS) is 21.6. The van der Waals surface area contributed by atoms with Crippen molar-refractivity contribution in [1.29, 1.82) is 0 Å². The van der Waals surface area contributed by atoms with Gasteiger partial charge in [0.05, 0.1) is 6.10 Å². The van der Waals surface area contributed by atoms with E-state index in [9.17, 15) is 9.59 Å². The molecule has 0 aliphatic carbocycles. The minimum atomic E-state index is -0.387. The highest BCUT2D eigenvalue weighted by molar-refractivity contribution is 5.85. The van der Waals surface area contributed by atoms with Crippen LogP contribution in [0.4, 0.5) is 0 Å². The summed E-state index contributed by atoms with van der Waals surface area (Å²) in [7, 11) is 0. The van der Waals surface area contributed by atoms with Gasteiger partial charge in [-0.05, 0) is 30.4 Å². The van der Waals surface area contributed by atoms with E-state index in [1.54, 1.807) is 0 Å². The molecule has 2 aliphatic heterocycles. The summed E-state index contributed by atoms with van der Waals surface area (Å²) in [6.07, 6.45) is 2.26. The van der Waals surface area contributed by atoms with E-state index in [4.69, 9.17) is 10.5 Å². The molecule has 1 fully saturated rings. The summed E-state index contributed by atoms with van der Waals surface area (Å²) in [4.78, 5) is 26.1. The number of hydrogen-bond acceptors (Lipinski definition) is 4. The molecular formula is C18H26ClN3O3. The van der Waals surface area contributed by atoms with Crippen molar-refractivity contribution >= 4 is 24.2 Å². The van der Waals surface area contributed by atoms with Crippen LogP contribution in [-0.2, 0) is 27.4 Å². The van der Waals surface area contributed by atoms with Crippen molar-refractivity contribution in [1.82, 2.24) is 10.2 Å². The Hall–Kier alpha value is -1.63. The van der Waals surface area contributed by atoms with Crippen LogP contribution >= 0.6 is 12.4 Å². The lowest BCUT2D eigenvalue weighted by Gasteiger charge is -2.16. The van der Waals surface area contributed by atoms with Crippen LogP contribution in [-0.4, -0.2) is 42.0 Å². The van der Waals surface area contributed by atoms with E-state index in [2.05, 4.69) is 17.4 Å². The van der Waals surface area contributed by atoms with Gasteiger partial charge in [-0.25, -0.2) is 0 Å². The van der Waals surface area contributed by atoms with Gasteiger partial charge in [-0.3, -0.25) is 9.59 Å². The van der Waals surface area contributed by atoms with E-state index >= 15 is 0 Å². The molecule has 2 aliphatic rings. The Bertz CT molecular complexity index is 586. The Balaban J connectivity index is 0.00000225. The van der Waals surface area contributed by atoms with Crippen LogP contribution in [0.3, 0.4) is 0 Å². The second-order valence-electron chi connectivity index (χ2n) is 6.47. The summed E-state index contributed by atoms with van der Waals surface area (Å²) in [5.41, 5.74) is 8.00. The molecule has 0 bridgehead atoms. The van der Waals surface area contributed by atoms with Crippen LogP contribution in [0, 0.1) is 0 Å². The Morgan fingerprint density at radius 1 is 1.20 bits per heavy atom. The molecule has 1 aromatic rings. The Morgan fingerprint density at radius 2 is 1.88 bits per heavy atom. The zero-order valence-corrected chi connectivity index (χ0v) is 15.1. The highest BCUT2D eigenvalue weighted by Crippen LogP contribution is 2.23. The molecule has 0 radical (unpaired) electrons. The van der Waals surface area contributed by atoms with Gasteiger partial charge < -0.3 is 20.7 Å². The first-order chi connectivity index (χ1) is 11.7. The van der Waals surface area contributed by atoms with Gasteiger partial charge in [-0.1, -0.05) is 24.3 Å². The van der Waals surface area contributed by atoms with Crippen LogP contribution < -0.4 is 11.1 Å². The van der Waals surface area contributed by atoms with Crippen LogP contribution in [0.15, 0.2) is 24.3 Å². The summed E-state index contributed by atoms with van der Waals surface area (Å²) in [5.74, 6) is 0.0488. The number of rotatable bonds is 6. The summed E-state index contributed by atoms with van der Waals surface area (Å²) >= 11 is 0. The number of nitrogens with one attached hydrogen (secondary N) is 1. The van der Waals surface area contributed by atoms with Crippen LogP contribution in [0.5, 0.6) is 0 Å². The van der Waals surface area contributed by atoms with Crippen LogP contribution in [0.2, 0.25) is 0 Å². The second-order valence-corrected chi connectivity index (χ2v) is 6.47. The molecule has 6 nitrogen and oxygen atoms in total. The van der Waals surface area contributed by atoms with Gasteiger partial charge in [-0.15, -0.1) is 12.4 Å². The van der Waals surface area contributed by atoms with E-state index in [0.29, 0.717) is 39.0 Å². The average molecular weight is 368 g/mol. The number of benzene rings is 1. The molecule has 0 saturated carbocycles. The predicted molar refractivity (Wildman–Crippen MR) is 97.1 cm³/mol. The maximum atomic E-state index is 12.3. The molecule has 2 heterocycles. The average Bonchev–Trinajstić information content (AvgIpc) is 3.24. The standard InChI is InChI=1S/C18H25N3O3.ClH/c19-10-15-7-8-16(24-15)18(23)20-9-3-6-17(22)21-11-13-4-1-2-5-14(13)12-21;/h1-2,4-5,15-16H,3,6-12,19H2,(H,20,23);1H/t15-,16+;/m1./s1. The lowest BCUT2D eigenvalue weighted by atomic mass is 10.1. The quantitative estimate of drug-likeness (QED) is 0.743. The molecule has 1 saturated heterocycles. The molecule has 25 heavy (non-hydrogen) atoms. The third kappa shape index (κ3) is 4.93. The first-order valence-corrected chi connectivity index (χ1v) is 8.65. The van der Waals surface area contributed by atoms with Crippen molar-refractivity contribution in [2.75, 3.05) is 13.1 Å². The number of carbonyl (C=O) groups is 2. The fourth-order valence-corrected chi connectivity index (χ4v) is 3.30. The lowest BCUT2D eigenvalue weighted by Crippen LogP contribution is -2.36. The second kappa shape index (κ2) is 9.17. The number of hydrogen-bond donors (Lipinski definition) is 2. The highest BCUT2D eigenvalue weighted by atomic mass is 35.5. The predicted octanol–water partition coefficient (Wildman–Crippen LogP) is 1.35. The molecule has 0 spiro atoms. The fraction of sp³-hybridized carbons (Fsp3) is 0.556. The van der Waals surface area contributed by atoms with E-state index in [1.807, 2.05) is 17.0 Å². The van der Waals surface area contributed by atoms with Crippen molar-refractivity contribution in [3.63, 3.8) is 0 Å². The van der Waals surface area contributed by atoms with Gasteiger partial charge >= 0.3 is 0 Å². The number of fused-ring (bicyclic) bond motifs is 1. The summed E-state index contributed by atoms with van der Waals surface area (Å²) in [6, 6.07) is 8.14. The molecule has 0 aromatic heterocycles. The lowest BCUT2D eigenvalue weighted by molar-refractivity contribution is -0.133. The summed E-state index contributed by atoms with van der Waals surface area (Å²) in [5, 5.41) is 2.86. The Kier molecular flexibility index (Phi) is 7.23. The van der Waals surface area contributed by atoms with Crippen molar-refractivity contribution in [3.05, 3.63) is 35.4 Å². The van der Waals surface area contributed by atoms with Crippen molar-refractivity contribution < 1.29 is 14.3 Å². The smallest absolute Gasteiger partial charge is 0.249 e. The summed E-state index contributed by atoms with van der Waals surface area (Å²) in [6.45, 7) is 2.34. The largest absolute Gasteiger partial charge is 0.364 e. The van der Waals surface area contributed by atoms with Crippen LogP contribution in [0.1, 0.15) is 36.8 Å². The number of carbonyl (C=O) groups excluding carboxylic acids is 2. The van der Waals surface area contributed by atoms with E-state index in [1.165, 1.54) is 11.1 Å². The molecule has 2 amide bonds. The minimum absolute atomic E-state index is 0. The molecule has 7 heteroatoms. The van der Waals surface area contributed by atoms with Gasteiger partial charge in [0, 0.05) is 32.6 Å². The SMILES string of the molecule is Cl.NC[C@H]1CC[C@@H](C(=O)NCCCC(=O)N2Cc3ccccc3C2)O1. The van der Waals surface area contributed by atoms with Gasteiger partial charge in [-0.2, -0.15) is 0 Å². The maximum Gasteiger partial charge on any atom is 0.249 e. The Morgan fingerprint density at radius 3 is 2.48 bits per heavy atom. The zero-order valence-electron chi connectivity index (χ0n) is 14.3. The molecule has 0 unspecified atom stereocenters. The summed E-state index contributed by atoms with van der Waals surface area (Å²) < 4.78 is 5.56. The molecule has 138 valence electrons. The molecule has 2 atom stereocenters. The van der Waals surface area contributed by atoms with E-state index < -0.39 is 0 Å². The van der Waals surface area contributed by atoms with Crippen LogP contribution in [0.25, 0.3) is 0 Å². The first-order valence-electron chi connectivity index (χ1n) is 8.65. The van der Waals surface area contributed by atoms with Gasteiger partial charge in [0.25, 0.3) is 0 Å². The molecule has 3 N–H and O–H groups in total. The Labute approximate surface area is 154 Å². The molecule has 3 rings (SSSR count). The first kappa shape index (κ1) is 19.7. The third-order valence-electron chi connectivity index (χ3n) is 4.72. The number of nitrogens with two attached hydrogens (primary N) is 1. The number of amides is 2. The van der Waals surface area contributed by atoms with Crippen molar-refractivity contribution in [2.45, 2.75) is 51.0 Å². The topological polar surface area (TPSA) is 84.7 Å². The van der Waals surface area contributed by atoms with E-state index in [-0.39, 0.29) is 36.4 Å². The zero-order chi connectivity index (χ0) is 16.9. The number of halogens is 1. The van der Waals surface area contributed by atoms with Gasteiger partial charge in [0.1, 0.15) is 6.10 Å². The van der Waals surface area contributed by atoms with E-state index in [0.717, 1.165) is 12.8 Å². The number of nitrogens with zero attached hydrogens (tertiary/aromatic N) is 1. The monoisotopic (exact) mass is 367 g/mol. The van der Waals surface area contributed by atoms with Crippen molar-refractivity contribution in [3.8, 4) is 0 Å². The minimum Gasteiger partial charge on any atom is -0.364 e. The fourth-order valence-electron chi connectivity index (χ4n) is 3.30. The van der Waals surface area contributed by atoms with Crippen molar-refractivity contribution in [2.24, 2.45) is 5.73 Å². The maximum absolute atomic E-state index is 12.3. The van der Waals surface area contributed by atoms with Gasteiger partial charge in [0.2, 0.25) is 11.8 Å². The molecule has 1 aromatic carbocycles.